The highest BCUT2D eigenvalue weighted by Crippen LogP contribution is 2.18. The zero-order valence-electron chi connectivity index (χ0n) is 14.5. The van der Waals surface area contributed by atoms with Gasteiger partial charge in [-0.2, -0.15) is 0 Å². The standard InChI is InChI=1S/C18H21N5O3/c1-12(24)22-13-4-2-5-14(8-13)23-17-11-19-16(10-20-17)18(25)21-9-15-6-3-7-26-15/h2,4-5,8,10-11,15H,3,6-7,9H2,1H3,(H,20,23)(H,21,25)(H,22,24). The summed E-state index contributed by atoms with van der Waals surface area (Å²) in [6.45, 7) is 2.69. The fourth-order valence-corrected chi connectivity index (χ4v) is 2.64. The normalized spacial score (nSPS) is 16.1. The van der Waals surface area contributed by atoms with E-state index in [2.05, 4.69) is 25.9 Å². The first kappa shape index (κ1) is 17.8. The lowest BCUT2D eigenvalue weighted by atomic mass is 10.2. The first-order valence-corrected chi connectivity index (χ1v) is 8.47. The summed E-state index contributed by atoms with van der Waals surface area (Å²) < 4.78 is 5.47. The van der Waals surface area contributed by atoms with E-state index in [0.29, 0.717) is 18.1 Å². The minimum Gasteiger partial charge on any atom is -0.376 e. The van der Waals surface area contributed by atoms with Crippen molar-refractivity contribution in [3.63, 3.8) is 0 Å². The number of anilines is 3. The molecule has 1 unspecified atom stereocenters. The second-order valence-corrected chi connectivity index (χ2v) is 6.02. The van der Waals surface area contributed by atoms with Crippen molar-refractivity contribution in [2.75, 3.05) is 23.8 Å². The molecule has 3 rings (SSSR count). The maximum atomic E-state index is 12.1. The molecule has 8 heteroatoms. The van der Waals surface area contributed by atoms with E-state index in [1.807, 2.05) is 12.1 Å². The van der Waals surface area contributed by atoms with Crippen LogP contribution in [-0.4, -0.2) is 41.0 Å². The van der Waals surface area contributed by atoms with Crippen LogP contribution >= 0.6 is 0 Å². The van der Waals surface area contributed by atoms with Crippen molar-refractivity contribution < 1.29 is 14.3 Å². The van der Waals surface area contributed by atoms with Crippen molar-refractivity contribution in [2.45, 2.75) is 25.9 Å². The van der Waals surface area contributed by atoms with Gasteiger partial charge in [-0.25, -0.2) is 9.97 Å². The Kier molecular flexibility index (Phi) is 5.75. The van der Waals surface area contributed by atoms with Crippen LogP contribution in [0.4, 0.5) is 17.2 Å². The van der Waals surface area contributed by atoms with Crippen LogP contribution in [0.15, 0.2) is 36.7 Å². The summed E-state index contributed by atoms with van der Waals surface area (Å²) in [6, 6.07) is 7.23. The van der Waals surface area contributed by atoms with Gasteiger partial charge in [0.25, 0.3) is 5.91 Å². The molecular weight excluding hydrogens is 334 g/mol. The molecule has 2 aromatic rings. The number of nitrogens with zero attached hydrogens (tertiary/aromatic N) is 2. The molecule has 1 aromatic carbocycles. The zero-order chi connectivity index (χ0) is 18.4. The molecular formula is C18H21N5O3. The number of hydrogen-bond donors (Lipinski definition) is 3. The van der Waals surface area contributed by atoms with Crippen LogP contribution in [-0.2, 0) is 9.53 Å². The van der Waals surface area contributed by atoms with Gasteiger partial charge in [0, 0.05) is 31.5 Å². The van der Waals surface area contributed by atoms with Gasteiger partial charge in [-0.05, 0) is 31.0 Å². The largest absolute Gasteiger partial charge is 0.376 e. The summed E-state index contributed by atoms with van der Waals surface area (Å²) in [5.74, 6) is 0.0909. The molecule has 3 N–H and O–H groups in total. The molecule has 1 saturated heterocycles. The van der Waals surface area contributed by atoms with Crippen molar-refractivity contribution in [2.24, 2.45) is 0 Å². The minimum atomic E-state index is -0.271. The Morgan fingerprint density at radius 2 is 2.08 bits per heavy atom. The Bertz CT molecular complexity index is 773. The molecule has 0 saturated carbocycles. The van der Waals surface area contributed by atoms with Gasteiger partial charge >= 0.3 is 0 Å². The van der Waals surface area contributed by atoms with Crippen LogP contribution in [0.5, 0.6) is 0 Å². The van der Waals surface area contributed by atoms with E-state index in [4.69, 9.17) is 4.74 Å². The molecule has 0 bridgehead atoms. The first-order chi connectivity index (χ1) is 12.6. The Morgan fingerprint density at radius 1 is 1.23 bits per heavy atom. The predicted octanol–water partition coefficient (Wildman–Crippen LogP) is 2.09. The van der Waals surface area contributed by atoms with Gasteiger partial charge < -0.3 is 20.7 Å². The van der Waals surface area contributed by atoms with Crippen LogP contribution in [0.3, 0.4) is 0 Å². The Morgan fingerprint density at radius 3 is 2.77 bits per heavy atom. The Hall–Kier alpha value is -3.00. The summed E-state index contributed by atoms with van der Waals surface area (Å²) in [5, 5.41) is 8.61. The van der Waals surface area contributed by atoms with Crippen LogP contribution in [0.1, 0.15) is 30.3 Å². The molecule has 0 aliphatic carbocycles. The van der Waals surface area contributed by atoms with E-state index >= 15 is 0 Å². The van der Waals surface area contributed by atoms with E-state index < -0.39 is 0 Å². The SMILES string of the molecule is CC(=O)Nc1cccc(Nc2cnc(C(=O)NCC3CCCO3)cn2)c1. The third-order valence-corrected chi connectivity index (χ3v) is 3.85. The van der Waals surface area contributed by atoms with Gasteiger partial charge in [0.2, 0.25) is 5.91 Å². The number of nitrogens with one attached hydrogen (secondary N) is 3. The molecule has 0 spiro atoms. The third kappa shape index (κ3) is 5.00. The number of carbonyl (C=O) groups excluding carboxylic acids is 2. The number of aromatic nitrogens is 2. The number of carbonyl (C=O) groups is 2. The average Bonchev–Trinajstić information content (AvgIpc) is 3.14. The van der Waals surface area contributed by atoms with Crippen molar-refractivity contribution in [3.05, 3.63) is 42.4 Å². The zero-order valence-corrected chi connectivity index (χ0v) is 14.5. The number of amides is 2. The summed E-state index contributed by atoms with van der Waals surface area (Å²) in [4.78, 5) is 31.6. The monoisotopic (exact) mass is 355 g/mol. The number of hydrogen-bond acceptors (Lipinski definition) is 6. The van der Waals surface area contributed by atoms with E-state index in [1.54, 1.807) is 12.1 Å². The number of ether oxygens (including phenoxy) is 1. The molecule has 1 fully saturated rings. The van der Waals surface area contributed by atoms with Gasteiger partial charge in [-0.15, -0.1) is 0 Å². The Balaban J connectivity index is 1.57. The first-order valence-electron chi connectivity index (χ1n) is 8.47. The van der Waals surface area contributed by atoms with Gasteiger partial charge in [0.15, 0.2) is 0 Å². The van der Waals surface area contributed by atoms with E-state index in [0.717, 1.165) is 25.1 Å². The number of rotatable bonds is 6. The third-order valence-electron chi connectivity index (χ3n) is 3.85. The van der Waals surface area contributed by atoms with Crippen LogP contribution < -0.4 is 16.0 Å². The van der Waals surface area contributed by atoms with Crippen molar-refractivity contribution in [1.29, 1.82) is 0 Å². The topological polar surface area (TPSA) is 105 Å². The van der Waals surface area contributed by atoms with Crippen molar-refractivity contribution in [1.82, 2.24) is 15.3 Å². The molecule has 2 amide bonds. The molecule has 8 nitrogen and oxygen atoms in total. The Labute approximate surface area is 151 Å². The average molecular weight is 355 g/mol. The molecule has 1 aliphatic heterocycles. The fraction of sp³-hybridized carbons (Fsp3) is 0.333. The summed E-state index contributed by atoms with van der Waals surface area (Å²) in [6.07, 6.45) is 5.00. The highest BCUT2D eigenvalue weighted by Gasteiger charge is 2.17. The molecule has 1 atom stereocenters. The lowest BCUT2D eigenvalue weighted by Crippen LogP contribution is -2.32. The van der Waals surface area contributed by atoms with E-state index in [9.17, 15) is 9.59 Å². The smallest absolute Gasteiger partial charge is 0.271 e. The summed E-state index contributed by atoms with van der Waals surface area (Å²) >= 11 is 0. The van der Waals surface area contributed by atoms with Gasteiger partial charge in [0.1, 0.15) is 11.5 Å². The van der Waals surface area contributed by atoms with Crippen LogP contribution in [0, 0.1) is 0 Å². The van der Waals surface area contributed by atoms with Gasteiger partial charge in [0.05, 0.1) is 18.5 Å². The summed E-state index contributed by atoms with van der Waals surface area (Å²) in [7, 11) is 0. The maximum absolute atomic E-state index is 12.1. The highest BCUT2D eigenvalue weighted by atomic mass is 16.5. The molecule has 1 aliphatic rings. The minimum absolute atomic E-state index is 0.0868. The van der Waals surface area contributed by atoms with E-state index in [-0.39, 0.29) is 23.6 Å². The second-order valence-electron chi connectivity index (χ2n) is 6.02. The predicted molar refractivity (Wildman–Crippen MR) is 97.4 cm³/mol. The molecule has 136 valence electrons. The maximum Gasteiger partial charge on any atom is 0.271 e. The highest BCUT2D eigenvalue weighted by molar-refractivity contribution is 5.92. The van der Waals surface area contributed by atoms with Gasteiger partial charge in [-0.3, -0.25) is 9.59 Å². The van der Waals surface area contributed by atoms with Crippen molar-refractivity contribution in [3.8, 4) is 0 Å². The van der Waals surface area contributed by atoms with Crippen LogP contribution in [0.2, 0.25) is 0 Å². The van der Waals surface area contributed by atoms with Crippen LogP contribution in [0.25, 0.3) is 0 Å². The summed E-state index contributed by atoms with van der Waals surface area (Å²) in [5.41, 5.74) is 1.68. The fourth-order valence-electron chi connectivity index (χ4n) is 2.64. The molecule has 2 heterocycles. The quantitative estimate of drug-likeness (QED) is 0.733. The lowest BCUT2D eigenvalue weighted by Gasteiger charge is -2.11. The van der Waals surface area contributed by atoms with Gasteiger partial charge in [-0.1, -0.05) is 6.07 Å². The van der Waals surface area contributed by atoms with Crippen molar-refractivity contribution >= 4 is 29.0 Å². The molecule has 26 heavy (non-hydrogen) atoms. The lowest BCUT2D eigenvalue weighted by molar-refractivity contribution is -0.114. The second kappa shape index (κ2) is 8.39. The molecule has 1 aromatic heterocycles. The number of benzene rings is 1. The molecule has 0 radical (unpaired) electrons. The van der Waals surface area contributed by atoms with E-state index in [1.165, 1.54) is 19.3 Å².